The van der Waals surface area contributed by atoms with Gasteiger partial charge >= 0.3 is 6.09 Å². The number of benzene rings is 2. The molecule has 0 fully saturated rings. The van der Waals surface area contributed by atoms with Gasteiger partial charge in [-0.3, -0.25) is 0 Å². The summed E-state index contributed by atoms with van der Waals surface area (Å²) >= 11 is 5.12. The van der Waals surface area contributed by atoms with Gasteiger partial charge in [0.25, 0.3) is 0 Å². The minimum absolute atomic E-state index is 0.390. The maximum Gasteiger partial charge on any atom is 0.407 e. The predicted octanol–water partition coefficient (Wildman–Crippen LogP) is 4.06. The minimum Gasteiger partial charge on any atom is -0.444 e. The number of hydrogen-bond acceptors (Lipinski definition) is 3. The van der Waals surface area contributed by atoms with E-state index in [1.54, 1.807) is 0 Å². The van der Waals surface area contributed by atoms with Crippen LogP contribution in [-0.2, 0) is 11.2 Å². The van der Waals surface area contributed by atoms with E-state index >= 15 is 0 Å². The number of hydrogen-bond donors (Lipinski definition) is 2. The molecular weight excluding hydrogens is 332 g/mol. The van der Waals surface area contributed by atoms with Crippen molar-refractivity contribution < 1.29 is 9.53 Å². The number of ether oxygens (including phenoxy) is 1. The SMILES string of the molecule is CC(C)(C)OC(=O)NCCc1ccc(-c2ccccc2C(N)=S)cc1. The molecule has 2 aromatic rings. The number of amides is 1. The van der Waals surface area contributed by atoms with Gasteiger partial charge in [0.2, 0.25) is 0 Å². The van der Waals surface area contributed by atoms with Gasteiger partial charge in [0.1, 0.15) is 10.6 Å². The molecular formula is C20H24N2O2S. The van der Waals surface area contributed by atoms with E-state index in [4.69, 9.17) is 22.7 Å². The zero-order valence-electron chi connectivity index (χ0n) is 14.8. The highest BCUT2D eigenvalue weighted by molar-refractivity contribution is 7.80. The minimum atomic E-state index is -0.483. The van der Waals surface area contributed by atoms with E-state index < -0.39 is 11.7 Å². The highest BCUT2D eigenvalue weighted by Crippen LogP contribution is 2.24. The topological polar surface area (TPSA) is 64.3 Å². The summed E-state index contributed by atoms with van der Waals surface area (Å²) in [7, 11) is 0. The number of rotatable bonds is 5. The largest absolute Gasteiger partial charge is 0.444 e. The molecule has 132 valence electrons. The van der Waals surface area contributed by atoms with Crippen LogP contribution in [0.1, 0.15) is 31.9 Å². The Bertz CT molecular complexity index is 749. The van der Waals surface area contributed by atoms with E-state index in [1.165, 1.54) is 0 Å². The Balaban J connectivity index is 1.97. The number of carbonyl (C=O) groups excluding carboxylic acids is 1. The van der Waals surface area contributed by atoms with Crippen molar-refractivity contribution in [3.63, 3.8) is 0 Å². The molecule has 0 saturated carbocycles. The van der Waals surface area contributed by atoms with Crippen LogP contribution in [0.5, 0.6) is 0 Å². The monoisotopic (exact) mass is 356 g/mol. The zero-order valence-corrected chi connectivity index (χ0v) is 15.7. The van der Waals surface area contributed by atoms with Crippen molar-refractivity contribution >= 4 is 23.3 Å². The van der Waals surface area contributed by atoms with Crippen molar-refractivity contribution in [3.8, 4) is 11.1 Å². The molecule has 0 heterocycles. The normalized spacial score (nSPS) is 11.0. The van der Waals surface area contributed by atoms with Crippen molar-refractivity contribution in [1.29, 1.82) is 0 Å². The third-order valence-electron chi connectivity index (χ3n) is 3.54. The summed E-state index contributed by atoms with van der Waals surface area (Å²) in [6, 6.07) is 16.0. The van der Waals surface area contributed by atoms with Crippen LogP contribution in [0.15, 0.2) is 48.5 Å². The highest BCUT2D eigenvalue weighted by atomic mass is 32.1. The van der Waals surface area contributed by atoms with Crippen molar-refractivity contribution in [2.24, 2.45) is 5.73 Å². The maximum absolute atomic E-state index is 11.6. The van der Waals surface area contributed by atoms with Crippen LogP contribution in [0.4, 0.5) is 4.79 Å². The van der Waals surface area contributed by atoms with Crippen molar-refractivity contribution in [2.75, 3.05) is 6.54 Å². The van der Waals surface area contributed by atoms with Crippen LogP contribution in [0.25, 0.3) is 11.1 Å². The van der Waals surface area contributed by atoms with Crippen LogP contribution >= 0.6 is 12.2 Å². The predicted molar refractivity (Wildman–Crippen MR) is 106 cm³/mol. The van der Waals surface area contributed by atoms with Gasteiger partial charge in [0.05, 0.1) is 0 Å². The first kappa shape index (κ1) is 18.9. The van der Waals surface area contributed by atoms with Crippen LogP contribution in [0.3, 0.4) is 0 Å². The van der Waals surface area contributed by atoms with Gasteiger partial charge in [-0.2, -0.15) is 0 Å². The molecule has 0 aliphatic carbocycles. The van der Waals surface area contributed by atoms with Crippen LogP contribution in [-0.4, -0.2) is 23.2 Å². The molecule has 3 N–H and O–H groups in total. The fraction of sp³-hybridized carbons (Fsp3) is 0.300. The van der Waals surface area contributed by atoms with Gasteiger partial charge in [0.15, 0.2) is 0 Å². The first-order valence-corrected chi connectivity index (χ1v) is 8.62. The van der Waals surface area contributed by atoms with E-state index in [-0.39, 0.29) is 0 Å². The molecule has 0 aliphatic heterocycles. The second-order valence-electron chi connectivity index (χ2n) is 6.79. The first-order valence-electron chi connectivity index (χ1n) is 8.21. The number of alkyl carbamates (subject to hydrolysis) is 1. The Morgan fingerprint density at radius 3 is 2.36 bits per heavy atom. The van der Waals surface area contributed by atoms with Crippen LogP contribution in [0.2, 0.25) is 0 Å². The van der Waals surface area contributed by atoms with E-state index in [0.717, 1.165) is 28.7 Å². The summed E-state index contributed by atoms with van der Waals surface area (Å²) in [5.74, 6) is 0. The molecule has 0 aromatic heterocycles. The molecule has 0 aliphatic rings. The smallest absolute Gasteiger partial charge is 0.407 e. The second kappa shape index (κ2) is 8.12. The Hall–Kier alpha value is -2.40. The third-order valence-corrected chi connectivity index (χ3v) is 3.76. The van der Waals surface area contributed by atoms with Crippen LogP contribution in [0, 0.1) is 0 Å². The number of thiocarbonyl (C=S) groups is 1. The Labute approximate surface area is 154 Å². The molecule has 0 spiro atoms. The zero-order chi connectivity index (χ0) is 18.4. The lowest BCUT2D eigenvalue weighted by Crippen LogP contribution is -2.33. The first-order chi connectivity index (χ1) is 11.8. The molecule has 5 heteroatoms. The van der Waals surface area contributed by atoms with Crippen LogP contribution < -0.4 is 11.1 Å². The molecule has 0 atom stereocenters. The standard InChI is InChI=1S/C20H24N2O2S/c1-20(2,3)24-19(23)22-13-12-14-8-10-15(11-9-14)16-6-4-5-7-17(16)18(21)25/h4-11H,12-13H2,1-3H3,(H2,21,25)(H,22,23). The molecule has 1 amide bonds. The summed E-state index contributed by atoms with van der Waals surface area (Å²) < 4.78 is 5.21. The fourth-order valence-electron chi connectivity index (χ4n) is 2.42. The van der Waals surface area contributed by atoms with Gasteiger partial charge in [0, 0.05) is 12.1 Å². The Morgan fingerprint density at radius 2 is 1.76 bits per heavy atom. The summed E-state index contributed by atoms with van der Waals surface area (Å²) in [5, 5.41) is 2.76. The van der Waals surface area contributed by atoms with E-state index in [9.17, 15) is 4.79 Å². The Morgan fingerprint density at radius 1 is 1.12 bits per heavy atom. The summed E-state index contributed by atoms with van der Waals surface area (Å²) in [6.45, 7) is 6.06. The molecule has 0 unspecified atom stereocenters. The average Bonchev–Trinajstić information content (AvgIpc) is 2.54. The number of carbonyl (C=O) groups is 1. The van der Waals surface area contributed by atoms with Crippen molar-refractivity contribution in [1.82, 2.24) is 5.32 Å². The van der Waals surface area contributed by atoms with Crippen molar-refractivity contribution in [2.45, 2.75) is 32.8 Å². The summed E-state index contributed by atoms with van der Waals surface area (Å²) in [4.78, 5) is 12.0. The molecule has 2 rings (SSSR count). The average molecular weight is 356 g/mol. The van der Waals surface area contributed by atoms with Gasteiger partial charge in [-0.25, -0.2) is 4.79 Å². The third kappa shape index (κ3) is 5.87. The lowest BCUT2D eigenvalue weighted by molar-refractivity contribution is 0.0528. The summed E-state index contributed by atoms with van der Waals surface area (Å²) in [5.41, 5.74) is 9.40. The van der Waals surface area contributed by atoms with E-state index in [1.807, 2.05) is 69.3 Å². The Kier molecular flexibility index (Phi) is 6.15. The molecule has 25 heavy (non-hydrogen) atoms. The van der Waals surface area contributed by atoms with Gasteiger partial charge in [-0.05, 0) is 43.9 Å². The van der Waals surface area contributed by atoms with E-state index in [0.29, 0.717) is 11.5 Å². The lowest BCUT2D eigenvalue weighted by atomic mass is 9.98. The van der Waals surface area contributed by atoms with Crippen molar-refractivity contribution in [3.05, 3.63) is 59.7 Å². The second-order valence-corrected chi connectivity index (χ2v) is 7.23. The van der Waals surface area contributed by atoms with Gasteiger partial charge < -0.3 is 15.8 Å². The maximum atomic E-state index is 11.6. The van der Waals surface area contributed by atoms with Gasteiger partial charge in [-0.1, -0.05) is 60.7 Å². The van der Waals surface area contributed by atoms with E-state index in [2.05, 4.69) is 5.32 Å². The quantitative estimate of drug-likeness (QED) is 0.793. The lowest BCUT2D eigenvalue weighted by Gasteiger charge is -2.19. The molecule has 0 radical (unpaired) electrons. The highest BCUT2D eigenvalue weighted by Gasteiger charge is 2.15. The number of nitrogens with two attached hydrogens (primary N) is 1. The summed E-state index contributed by atoms with van der Waals surface area (Å²) in [6.07, 6.45) is 0.339. The molecule has 0 bridgehead atoms. The van der Waals surface area contributed by atoms with Gasteiger partial charge in [-0.15, -0.1) is 0 Å². The molecule has 2 aromatic carbocycles. The fourth-order valence-corrected chi connectivity index (χ4v) is 2.60. The molecule has 0 saturated heterocycles. The molecule has 4 nitrogen and oxygen atoms in total. The number of nitrogens with one attached hydrogen (secondary N) is 1.